The largest absolute Gasteiger partial charge is 0.353 e. The maximum atomic E-state index is 6.23. The molecule has 0 spiro atoms. The lowest BCUT2D eigenvalue weighted by atomic mass is 10.2. The van der Waals surface area contributed by atoms with Crippen molar-refractivity contribution in [2.75, 3.05) is 13.2 Å². The molecule has 4 unspecified atom stereocenters. The minimum Gasteiger partial charge on any atom is -0.353 e. The zero-order valence-electron chi connectivity index (χ0n) is 16.8. The number of halogens is 2. The van der Waals surface area contributed by atoms with Gasteiger partial charge in [0.15, 0.2) is 12.6 Å². The van der Waals surface area contributed by atoms with Crippen LogP contribution < -0.4 is 0 Å². The lowest BCUT2D eigenvalue weighted by Crippen LogP contribution is -2.28. The van der Waals surface area contributed by atoms with Gasteiger partial charge in [-0.05, 0) is 51.4 Å². The van der Waals surface area contributed by atoms with Gasteiger partial charge in [-0.15, -0.1) is 0 Å². The highest BCUT2D eigenvalue weighted by Crippen LogP contribution is 2.19. The molecule has 0 saturated heterocycles. The standard InChI is InChI=1S/C20H40Br2O3/c1-5-7-15-23-19(13-9-11-17(3)21)25-20(24-16-8-6-2)14-10-12-18(4)22/h17-20H,5-16H2,1-4H3. The summed E-state index contributed by atoms with van der Waals surface area (Å²) in [6, 6.07) is 0. The fraction of sp³-hybridized carbons (Fsp3) is 1.00. The van der Waals surface area contributed by atoms with Crippen LogP contribution in [0.3, 0.4) is 0 Å². The Kier molecular flexibility index (Phi) is 18.8. The Morgan fingerprint density at radius 2 is 1.04 bits per heavy atom. The topological polar surface area (TPSA) is 27.7 Å². The highest BCUT2D eigenvalue weighted by atomic mass is 79.9. The van der Waals surface area contributed by atoms with Gasteiger partial charge in [-0.3, -0.25) is 0 Å². The van der Waals surface area contributed by atoms with Crippen LogP contribution in [0.15, 0.2) is 0 Å². The van der Waals surface area contributed by atoms with E-state index in [1.165, 1.54) is 0 Å². The van der Waals surface area contributed by atoms with E-state index < -0.39 is 0 Å². The van der Waals surface area contributed by atoms with Crippen LogP contribution >= 0.6 is 31.9 Å². The first-order chi connectivity index (χ1) is 12.0. The molecule has 4 atom stereocenters. The molecule has 0 aromatic carbocycles. The molecule has 152 valence electrons. The van der Waals surface area contributed by atoms with Crippen molar-refractivity contribution in [3.8, 4) is 0 Å². The molecular formula is C20H40Br2O3. The monoisotopic (exact) mass is 486 g/mol. The molecule has 0 aliphatic carbocycles. The van der Waals surface area contributed by atoms with E-state index in [2.05, 4.69) is 59.6 Å². The molecule has 0 rings (SSSR count). The van der Waals surface area contributed by atoms with Crippen molar-refractivity contribution in [2.24, 2.45) is 0 Å². The smallest absolute Gasteiger partial charge is 0.160 e. The molecule has 5 heteroatoms. The van der Waals surface area contributed by atoms with E-state index in [-0.39, 0.29) is 12.6 Å². The highest BCUT2D eigenvalue weighted by molar-refractivity contribution is 9.09. The quantitative estimate of drug-likeness (QED) is 0.116. The lowest BCUT2D eigenvalue weighted by molar-refractivity contribution is -0.250. The first-order valence-electron chi connectivity index (χ1n) is 10.2. The molecule has 0 radical (unpaired) electrons. The van der Waals surface area contributed by atoms with Gasteiger partial charge in [-0.2, -0.15) is 0 Å². The fourth-order valence-corrected chi connectivity index (χ4v) is 3.05. The molecule has 0 aliphatic heterocycles. The molecule has 0 aromatic rings. The fourth-order valence-electron chi connectivity index (χ4n) is 2.40. The third-order valence-electron chi connectivity index (χ3n) is 3.99. The average Bonchev–Trinajstić information content (AvgIpc) is 2.54. The van der Waals surface area contributed by atoms with E-state index in [9.17, 15) is 0 Å². The maximum Gasteiger partial charge on any atom is 0.160 e. The summed E-state index contributed by atoms with van der Waals surface area (Å²) in [5.74, 6) is 0. The zero-order chi connectivity index (χ0) is 18.9. The number of hydrogen-bond acceptors (Lipinski definition) is 3. The van der Waals surface area contributed by atoms with Crippen molar-refractivity contribution in [3.05, 3.63) is 0 Å². The molecule has 0 fully saturated rings. The van der Waals surface area contributed by atoms with Crippen molar-refractivity contribution in [3.63, 3.8) is 0 Å². The van der Waals surface area contributed by atoms with E-state index in [0.717, 1.165) is 77.4 Å². The lowest BCUT2D eigenvalue weighted by Gasteiger charge is -2.26. The van der Waals surface area contributed by atoms with Gasteiger partial charge in [0.1, 0.15) is 0 Å². The summed E-state index contributed by atoms with van der Waals surface area (Å²) in [7, 11) is 0. The average molecular weight is 488 g/mol. The van der Waals surface area contributed by atoms with Crippen LogP contribution in [0.25, 0.3) is 0 Å². The maximum absolute atomic E-state index is 6.23. The second-order valence-electron chi connectivity index (χ2n) is 6.87. The van der Waals surface area contributed by atoms with Crippen LogP contribution in [0.5, 0.6) is 0 Å². The third kappa shape index (κ3) is 18.0. The Balaban J connectivity index is 4.46. The first kappa shape index (κ1) is 25.8. The van der Waals surface area contributed by atoms with Crippen LogP contribution in [0.4, 0.5) is 0 Å². The van der Waals surface area contributed by atoms with E-state index in [4.69, 9.17) is 14.2 Å². The van der Waals surface area contributed by atoms with Crippen molar-refractivity contribution in [1.29, 1.82) is 0 Å². The third-order valence-corrected chi connectivity index (χ3v) is 4.91. The minimum absolute atomic E-state index is 0.147. The Morgan fingerprint density at radius 3 is 1.36 bits per heavy atom. The summed E-state index contributed by atoms with van der Waals surface area (Å²) in [6.07, 6.45) is 10.5. The molecule has 0 N–H and O–H groups in total. The number of rotatable bonds is 18. The van der Waals surface area contributed by atoms with E-state index >= 15 is 0 Å². The number of ether oxygens (including phenoxy) is 3. The molecule has 0 aromatic heterocycles. The van der Waals surface area contributed by atoms with Gasteiger partial charge in [-0.1, -0.05) is 72.4 Å². The molecule has 25 heavy (non-hydrogen) atoms. The Labute approximate surface area is 173 Å². The molecule has 0 bridgehead atoms. The normalized spacial score (nSPS) is 16.6. The van der Waals surface area contributed by atoms with Crippen molar-refractivity contribution >= 4 is 31.9 Å². The Bertz CT molecular complexity index is 250. The summed E-state index contributed by atoms with van der Waals surface area (Å²) < 4.78 is 18.2. The number of hydrogen-bond donors (Lipinski definition) is 0. The zero-order valence-corrected chi connectivity index (χ0v) is 19.9. The summed E-state index contributed by atoms with van der Waals surface area (Å²) >= 11 is 7.24. The molecule has 0 heterocycles. The predicted molar refractivity (Wildman–Crippen MR) is 115 cm³/mol. The first-order valence-corrected chi connectivity index (χ1v) is 12.0. The second kappa shape index (κ2) is 18.2. The molecule has 0 amide bonds. The Morgan fingerprint density at radius 1 is 0.640 bits per heavy atom. The molecule has 0 saturated carbocycles. The van der Waals surface area contributed by atoms with Crippen LogP contribution in [0.2, 0.25) is 0 Å². The summed E-state index contributed by atoms with van der Waals surface area (Å²) in [5, 5.41) is 0. The van der Waals surface area contributed by atoms with Crippen molar-refractivity contribution < 1.29 is 14.2 Å². The summed E-state index contributed by atoms with van der Waals surface area (Å²) in [6.45, 7) is 10.3. The molecule has 0 aliphatic rings. The van der Waals surface area contributed by atoms with Crippen LogP contribution in [0, 0.1) is 0 Å². The Hall–Kier alpha value is 0.840. The van der Waals surface area contributed by atoms with E-state index in [1.807, 2.05) is 0 Å². The molecule has 3 nitrogen and oxygen atoms in total. The van der Waals surface area contributed by atoms with Gasteiger partial charge in [0.05, 0.1) is 0 Å². The van der Waals surface area contributed by atoms with Crippen molar-refractivity contribution in [1.82, 2.24) is 0 Å². The van der Waals surface area contributed by atoms with Crippen LogP contribution in [-0.4, -0.2) is 35.4 Å². The van der Waals surface area contributed by atoms with Gasteiger partial charge in [0.25, 0.3) is 0 Å². The van der Waals surface area contributed by atoms with Gasteiger partial charge < -0.3 is 14.2 Å². The van der Waals surface area contributed by atoms with E-state index in [0.29, 0.717) is 9.65 Å². The summed E-state index contributed by atoms with van der Waals surface area (Å²) in [5.41, 5.74) is 0. The predicted octanol–water partition coefficient (Wildman–Crippen LogP) is 7.20. The van der Waals surface area contributed by atoms with Crippen molar-refractivity contribution in [2.45, 2.75) is 114 Å². The number of alkyl halides is 2. The highest BCUT2D eigenvalue weighted by Gasteiger charge is 2.18. The van der Waals surface area contributed by atoms with Crippen LogP contribution in [-0.2, 0) is 14.2 Å². The summed E-state index contributed by atoms with van der Waals surface area (Å²) in [4.78, 5) is 1.08. The van der Waals surface area contributed by atoms with Crippen LogP contribution in [0.1, 0.15) is 91.9 Å². The number of unbranched alkanes of at least 4 members (excludes halogenated alkanes) is 2. The van der Waals surface area contributed by atoms with Gasteiger partial charge in [0, 0.05) is 22.9 Å². The van der Waals surface area contributed by atoms with Gasteiger partial charge in [0.2, 0.25) is 0 Å². The van der Waals surface area contributed by atoms with Gasteiger partial charge in [-0.25, -0.2) is 0 Å². The van der Waals surface area contributed by atoms with E-state index in [1.54, 1.807) is 0 Å². The van der Waals surface area contributed by atoms with Gasteiger partial charge >= 0.3 is 0 Å². The second-order valence-corrected chi connectivity index (χ2v) is 9.99. The SMILES string of the molecule is CCCCOC(CCCC(C)Br)OC(CCCC(C)Br)OCCCC. The molecular weight excluding hydrogens is 448 g/mol. The minimum atomic E-state index is -0.147.